The number of ether oxygens (including phenoxy) is 3. The van der Waals surface area contributed by atoms with E-state index in [1.807, 2.05) is 70.4 Å². The molecule has 0 aliphatic rings. The Kier molecular flexibility index (Phi) is 10.3. The fraction of sp³-hybridized carbons (Fsp3) is 0.375. The Morgan fingerprint density at radius 1 is 0.846 bits per heavy atom. The van der Waals surface area contributed by atoms with Crippen LogP contribution in [0, 0.1) is 6.92 Å². The highest BCUT2D eigenvalue weighted by Crippen LogP contribution is 2.48. The number of aromatic nitrogens is 2. The van der Waals surface area contributed by atoms with Crippen molar-refractivity contribution >= 4 is 10.9 Å². The van der Waals surface area contributed by atoms with Gasteiger partial charge in [-0.25, -0.2) is 4.98 Å². The number of methoxy groups -OCH3 is 3. The number of aryl methyl sites for hydroxylation is 1. The van der Waals surface area contributed by atoms with Crippen molar-refractivity contribution < 1.29 is 19.3 Å². The Morgan fingerprint density at radius 2 is 1.49 bits per heavy atom. The van der Waals surface area contributed by atoms with Gasteiger partial charge in [0.1, 0.15) is 5.60 Å². The predicted octanol–water partition coefficient (Wildman–Crippen LogP) is 5.96. The second kappa shape index (κ2) is 13.4. The van der Waals surface area contributed by atoms with Crippen LogP contribution in [-0.4, -0.2) is 61.9 Å². The zero-order valence-corrected chi connectivity index (χ0v) is 24.4. The van der Waals surface area contributed by atoms with Gasteiger partial charge >= 0.3 is 0 Å². The Balaban J connectivity index is 0.00000205. The van der Waals surface area contributed by atoms with Gasteiger partial charge in [-0.05, 0) is 56.8 Å². The average molecular weight is 532 g/mol. The van der Waals surface area contributed by atoms with Crippen molar-refractivity contribution in [2.45, 2.75) is 38.7 Å². The molecule has 4 aromatic rings. The third-order valence-corrected chi connectivity index (χ3v) is 6.71. The van der Waals surface area contributed by atoms with Gasteiger partial charge in [0, 0.05) is 35.5 Å². The number of pyridine rings is 2. The maximum atomic E-state index is 12.8. The number of hydrogen-bond acceptors (Lipinski definition) is 7. The standard InChI is InChI=1S/C30H35N3O4.C2H6/c1-20-12-13-25-22(16-20)17-24(29(31-25)37-6)28(21-10-8-7-9-11-21)30(34,14-15-33(2)3)23-18-26(35-4)32-27(19-23)36-5;1-2/h7-13,16-19,28,34H,14-15H2,1-6H3;1-2H3. The third kappa shape index (κ3) is 6.67. The lowest BCUT2D eigenvalue weighted by Crippen LogP contribution is -2.38. The van der Waals surface area contributed by atoms with E-state index in [1.54, 1.807) is 33.5 Å². The number of nitrogens with zero attached hydrogens (tertiary/aromatic N) is 3. The molecule has 1 N–H and O–H groups in total. The first-order valence-electron chi connectivity index (χ1n) is 13.3. The third-order valence-electron chi connectivity index (χ3n) is 6.71. The highest BCUT2D eigenvalue weighted by molar-refractivity contribution is 5.81. The largest absolute Gasteiger partial charge is 0.481 e. The van der Waals surface area contributed by atoms with Gasteiger partial charge in [0.25, 0.3) is 0 Å². The van der Waals surface area contributed by atoms with Gasteiger partial charge in [-0.3, -0.25) is 0 Å². The Bertz CT molecular complexity index is 1340. The smallest absolute Gasteiger partial charge is 0.217 e. The lowest BCUT2D eigenvalue weighted by Gasteiger charge is -2.39. The molecule has 0 bridgehead atoms. The summed E-state index contributed by atoms with van der Waals surface area (Å²) in [6.07, 6.45) is 0.422. The SMILES string of the molecule is CC.COc1cc(C(O)(CCN(C)C)C(c2ccccc2)c2cc3cc(C)ccc3nc2OC)cc(OC)n1. The molecular weight excluding hydrogens is 490 g/mol. The first-order chi connectivity index (χ1) is 18.8. The Labute approximate surface area is 232 Å². The van der Waals surface area contributed by atoms with Crippen molar-refractivity contribution in [3.8, 4) is 17.6 Å². The fourth-order valence-electron chi connectivity index (χ4n) is 4.81. The molecule has 0 fully saturated rings. The molecule has 0 radical (unpaired) electrons. The van der Waals surface area contributed by atoms with E-state index < -0.39 is 11.5 Å². The highest BCUT2D eigenvalue weighted by Gasteiger charge is 2.43. The molecule has 7 nitrogen and oxygen atoms in total. The first kappa shape index (κ1) is 29.9. The van der Waals surface area contributed by atoms with Gasteiger partial charge in [-0.2, -0.15) is 4.98 Å². The second-order valence-corrected chi connectivity index (χ2v) is 9.54. The zero-order valence-electron chi connectivity index (χ0n) is 24.4. The average Bonchev–Trinajstić information content (AvgIpc) is 2.97. The van der Waals surface area contributed by atoms with E-state index in [1.165, 1.54) is 0 Å². The van der Waals surface area contributed by atoms with Crippen molar-refractivity contribution in [3.05, 3.63) is 89.0 Å². The molecule has 39 heavy (non-hydrogen) atoms. The summed E-state index contributed by atoms with van der Waals surface area (Å²) in [6, 6.07) is 21.8. The van der Waals surface area contributed by atoms with Crippen molar-refractivity contribution in [1.29, 1.82) is 0 Å². The quantitative estimate of drug-likeness (QED) is 0.270. The van der Waals surface area contributed by atoms with Crippen LogP contribution in [0.5, 0.6) is 17.6 Å². The minimum atomic E-state index is -1.39. The van der Waals surface area contributed by atoms with E-state index in [0.29, 0.717) is 36.2 Å². The van der Waals surface area contributed by atoms with E-state index in [4.69, 9.17) is 19.2 Å². The number of fused-ring (bicyclic) bond motifs is 1. The van der Waals surface area contributed by atoms with Crippen LogP contribution in [0.25, 0.3) is 10.9 Å². The minimum absolute atomic E-state index is 0.365. The first-order valence-corrected chi connectivity index (χ1v) is 13.3. The zero-order chi connectivity index (χ0) is 28.6. The van der Waals surface area contributed by atoms with Gasteiger partial charge in [-0.1, -0.05) is 55.8 Å². The van der Waals surface area contributed by atoms with E-state index in [0.717, 1.165) is 27.6 Å². The van der Waals surface area contributed by atoms with Gasteiger partial charge < -0.3 is 24.2 Å². The van der Waals surface area contributed by atoms with Crippen LogP contribution in [-0.2, 0) is 5.60 Å². The molecule has 0 spiro atoms. The van der Waals surface area contributed by atoms with Gasteiger partial charge in [-0.15, -0.1) is 0 Å². The van der Waals surface area contributed by atoms with Crippen LogP contribution >= 0.6 is 0 Å². The molecule has 7 heteroatoms. The van der Waals surface area contributed by atoms with Gasteiger partial charge in [0.15, 0.2) is 0 Å². The summed E-state index contributed by atoms with van der Waals surface area (Å²) in [5.41, 5.74) is 2.95. The molecule has 2 atom stereocenters. The Morgan fingerprint density at radius 3 is 2.05 bits per heavy atom. The molecule has 0 aliphatic carbocycles. The van der Waals surface area contributed by atoms with Crippen LogP contribution in [0.15, 0.2) is 66.7 Å². The van der Waals surface area contributed by atoms with E-state index in [2.05, 4.69) is 28.9 Å². The molecule has 0 saturated carbocycles. The van der Waals surface area contributed by atoms with E-state index >= 15 is 0 Å². The number of benzene rings is 2. The number of rotatable bonds is 10. The molecule has 2 heterocycles. The molecule has 4 rings (SSSR count). The molecule has 2 aromatic carbocycles. The number of hydrogen-bond donors (Lipinski definition) is 1. The lowest BCUT2D eigenvalue weighted by molar-refractivity contribution is 0.00331. The van der Waals surface area contributed by atoms with Gasteiger partial charge in [0.2, 0.25) is 17.6 Å². The van der Waals surface area contributed by atoms with Crippen molar-refractivity contribution in [2.24, 2.45) is 0 Å². The summed E-state index contributed by atoms with van der Waals surface area (Å²) in [4.78, 5) is 11.3. The molecule has 0 saturated heterocycles. The fourth-order valence-corrected chi connectivity index (χ4v) is 4.81. The molecular formula is C32H41N3O4. The maximum absolute atomic E-state index is 12.8. The van der Waals surface area contributed by atoms with Crippen LogP contribution in [0.2, 0.25) is 0 Å². The second-order valence-electron chi connectivity index (χ2n) is 9.54. The van der Waals surface area contributed by atoms with Crippen LogP contribution in [0.4, 0.5) is 0 Å². The monoisotopic (exact) mass is 531 g/mol. The van der Waals surface area contributed by atoms with Gasteiger partial charge in [0.05, 0.1) is 26.8 Å². The van der Waals surface area contributed by atoms with Crippen molar-refractivity contribution in [2.75, 3.05) is 42.0 Å². The molecule has 2 aromatic heterocycles. The topological polar surface area (TPSA) is 76.9 Å². The normalized spacial score (nSPS) is 13.3. The summed E-state index contributed by atoms with van der Waals surface area (Å²) in [7, 11) is 8.71. The summed E-state index contributed by atoms with van der Waals surface area (Å²) in [5.74, 6) is 0.687. The summed E-state index contributed by atoms with van der Waals surface area (Å²) >= 11 is 0. The van der Waals surface area contributed by atoms with Crippen molar-refractivity contribution in [1.82, 2.24) is 14.9 Å². The summed E-state index contributed by atoms with van der Waals surface area (Å²) in [6.45, 7) is 6.69. The van der Waals surface area contributed by atoms with Crippen molar-refractivity contribution in [3.63, 3.8) is 0 Å². The minimum Gasteiger partial charge on any atom is -0.481 e. The Hall–Kier alpha value is -3.68. The lowest BCUT2D eigenvalue weighted by atomic mass is 9.71. The highest BCUT2D eigenvalue weighted by atomic mass is 16.5. The van der Waals surface area contributed by atoms with Crippen LogP contribution < -0.4 is 14.2 Å². The maximum Gasteiger partial charge on any atom is 0.217 e. The summed E-state index contributed by atoms with van der Waals surface area (Å²) in [5, 5.41) is 13.8. The van der Waals surface area contributed by atoms with Crippen LogP contribution in [0.3, 0.4) is 0 Å². The van der Waals surface area contributed by atoms with E-state index in [9.17, 15) is 5.11 Å². The molecule has 2 unspecified atom stereocenters. The molecule has 0 amide bonds. The molecule has 208 valence electrons. The van der Waals surface area contributed by atoms with Crippen LogP contribution in [0.1, 0.15) is 48.4 Å². The summed E-state index contributed by atoms with van der Waals surface area (Å²) < 4.78 is 16.8. The molecule has 0 aliphatic heterocycles. The predicted molar refractivity (Wildman–Crippen MR) is 157 cm³/mol. The number of aliphatic hydroxyl groups is 1. The van der Waals surface area contributed by atoms with E-state index in [-0.39, 0.29) is 0 Å².